The van der Waals surface area contributed by atoms with Gasteiger partial charge in [-0.05, 0) is 59.5 Å². The summed E-state index contributed by atoms with van der Waals surface area (Å²) in [5.74, 6) is -2.02. The van der Waals surface area contributed by atoms with Crippen molar-refractivity contribution < 1.29 is 24.6 Å². The summed E-state index contributed by atoms with van der Waals surface area (Å²) in [4.78, 5) is 32.3. The lowest BCUT2D eigenvalue weighted by atomic mass is 9.60. The van der Waals surface area contributed by atoms with Crippen LogP contribution in [0.15, 0.2) is 28.5 Å². The van der Waals surface area contributed by atoms with E-state index in [1.807, 2.05) is 6.08 Å². The predicted octanol–water partition coefficient (Wildman–Crippen LogP) is 2.82. The van der Waals surface area contributed by atoms with E-state index in [9.17, 15) is 19.8 Å². The molecule has 1 aliphatic heterocycles. The van der Waals surface area contributed by atoms with Crippen LogP contribution in [0.4, 0.5) is 0 Å². The second-order valence-electron chi connectivity index (χ2n) is 9.33. The maximum Gasteiger partial charge on any atom is 0.233 e. The number of hydrogen-bond donors (Lipinski definition) is 2. The molecule has 0 aromatic carbocycles. The molecule has 0 bridgehead atoms. The molecular weight excluding hydrogens is 396 g/mol. The highest BCUT2D eigenvalue weighted by molar-refractivity contribution is 6.06. The van der Waals surface area contributed by atoms with Crippen molar-refractivity contribution in [2.45, 2.75) is 72.0 Å². The normalized spacial score (nSPS) is 34.6. The first-order valence-corrected chi connectivity index (χ1v) is 11.4. The molecule has 3 rings (SSSR count). The molecule has 0 aromatic rings. The smallest absolute Gasteiger partial charge is 0.233 e. The maximum absolute atomic E-state index is 12.9. The summed E-state index contributed by atoms with van der Waals surface area (Å²) in [6.45, 7) is 8.70. The summed E-state index contributed by atoms with van der Waals surface area (Å²) in [6, 6.07) is 0. The van der Waals surface area contributed by atoms with Gasteiger partial charge < -0.3 is 15.1 Å². The molecule has 172 valence electrons. The standard InChI is InChI=1S/C24H36N2O5/c1-5-26-23(29)17-10-9-16-18(13-19(27)22(28)20(16)21(17)24(26)30)25-31-12-11-15(4)8-6-7-14(2)3/h7,11,16-17,19-22,27-28H,5-6,8-10,12-13H2,1-4H3/b15-11+,25-18+/t16-,17+,19+,20-,21+,22+/m0/s1. The Bertz CT molecular complexity index is 783. The molecule has 2 saturated carbocycles. The molecular formula is C24H36N2O5. The first-order chi connectivity index (χ1) is 14.8. The second kappa shape index (κ2) is 10.1. The average molecular weight is 433 g/mol. The molecule has 3 aliphatic rings. The van der Waals surface area contributed by atoms with E-state index < -0.39 is 30.0 Å². The highest BCUT2D eigenvalue weighted by Crippen LogP contribution is 2.49. The molecule has 7 heteroatoms. The van der Waals surface area contributed by atoms with E-state index in [0.717, 1.165) is 12.8 Å². The third kappa shape index (κ3) is 4.93. The highest BCUT2D eigenvalue weighted by atomic mass is 16.6. The Kier molecular flexibility index (Phi) is 7.70. The minimum atomic E-state index is -1.04. The first-order valence-electron chi connectivity index (χ1n) is 11.4. The second-order valence-corrected chi connectivity index (χ2v) is 9.33. The number of rotatable bonds is 7. The number of carbonyl (C=O) groups is 2. The van der Waals surface area contributed by atoms with Crippen LogP contribution in [0.3, 0.4) is 0 Å². The van der Waals surface area contributed by atoms with Crippen molar-refractivity contribution in [1.82, 2.24) is 4.90 Å². The number of aliphatic hydroxyl groups is 2. The van der Waals surface area contributed by atoms with Gasteiger partial charge in [0.1, 0.15) is 6.61 Å². The Morgan fingerprint density at radius 1 is 1.13 bits per heavy atom. The van der Waals surface area contributed by atoms with E-state index in [4.69, 9.17) is 4.84 Å². The van der Waals surface area contributed by atoms with Gasteiger partial charge in [0.2, 0.25) is 11.8 Å². The van der Waals surface area contributed by atoms with Crippen molar-refractivity contribution in [3.05, 3.63) is 23.3 Å². The Hall–Kier alpha value is -1.99. The zero-order chi connectivity index (χ0) is 22.7. The van der Waals surface area contributed by atoms with Crippen molar-refractivity contribution in [3.63, 3.8) is 0 Å². The van der Waals surface area contributed by atoms with Crippen LogP contribution in [0.2, 0.25) is 0 Å². The first kappa shape index (κ1) is 23.7. The van der Waals surface area contributed by atoms with Crippen molar-refractivity contribution in [1.29, 1.82) is 0 Å². The Labute approximate surface area is 184 Å². The van der Waals surface area contributed by atoms with Crippen LogP contribution in [-0.4, -0.2) is 58.0 Å². The van der Waals surface area contributed by atoms with Crippen LogP contribution in [-0.2, 0) is 14.4 Å². The summed E-state index contributed by atoms with van der Waals surface area (Å²) in [5.41, 5.74) is 3.22. The van der Waals surface area contributed by atoms with Crippen LogP contribution in [0.25, 0.3) is 0 Å². The Balaban J connectivity index is 1.69. The molecule has 7 nitrogen and oxygen atoms in total. The van der Waals surface area contributed by atoms with Crippen LogP contribution in [0, 0.1) is 23.7 Å². The van der Waals surface area contributed by atoms with Crippen molar-refractivity contribution in [2.75, 3.05) is 13.2 Å². The average Bonchev–Trinajstić information content (AvgIpc) is 2.97. The number of likely N-dealkylation sites (tertiary alicyclic amines) is 1. The van der Waals surface area contributed by atoms with Gasteiger partial charge in [-0.1, -0.05) is 22.4 Å². The zero-order valence-electron chi connectivity index (χ0n) is 19.1. The fraction of sp³-hybridized carbons (Fsp3) is 0.708. The molecule has 2 amide bonds. The van der Waals surface area contributed by atoms with Crippen molar-refractivity contribution in [2.24, 2.45) is 28.8 Å². The van der Waals surface area contributed by atoms with Crippen LogP contribution >= 0.6 is 0 Å². The van der Waals surface area contributed by atoms with Gasteiger partial charge in [-0.15, -0.1) is 0 Å². The summed E-state index contributed by atoms with van der Waals surface area (Å²) >= 11 is 0. The number of allylic oxidation sites excluding steroid dienone is 3. The van der Waals surface area contributed by atoms with Crippen molar-refractivity contribution >= 4 is 17.5 Å². The SMILES string of the molecule is CCN1C(=O)[C@H]2[C@H]3[C@H](O)[C@H](O)C/C(=N\OC/C=C(\C)CCC=C(C)C)[C@@H]3CC[C@H]2C1=O. The molecule has 1 saturated heterocycles. The van der Waals surface area contributed by atoms with Crippen LogP contribution < -0.4 is 0 Å². The van der Waals surface area contributed by atoms with Gasteiger partial charge in [-0.25, -0.2) is 0 Å². The predicted molar refractivity (Wildman–Crippen MR) is 118 cm³/mol. The van der Waals surface area contributed by atoms with Crippen LogP contribution in [0.5, 0.6) is 0 Å². The van der Waals surface area contributed by atoms with Gasteiger partial charge in [-0.3, -0.25) is 14.5 Å². The lowest BCUT2D eigenvalue weighted by Crippen LogP contribution is -2.54. The monoisotopic (exact) mass is 432 g/mol. The Morgan fingerprint density at radius 2 is 1.84 bits per heavy atom. The van der Waals surface area contributed by atoms with Crippen LogP contribution in [0.1, 0.15) is 59.8 Å². The lowest BCUT2D eigenvalue weighted by molar-refractivity contribution is -0.141. The number of hydrogen-bond acceptors (Lipinski definition) is 6. The molecule has 2 N–H and O–H groups in total. The number of imide groups is 1. The molecule has 2 aliphatic carbocycles. The molecule has 0 spiro atoms. The minimum absolute atomic E-state index is 0.147. The number of oxime groups is 1. The molecule has 0 radical (unpaired) electrons. The maximum atomic E-state index is 12.9. The molecule has 3 fully saturated rings. The summed E-state index contributed by atoms with van der Waals surface area (Å²) < 4.78 is 0. The largest absolute Gasteiger partial charge is 0.392 e. The van der Waals surface area contributed by atoms with Crippen molar-refractivity contribution in [3.8, 4) is 0 Å². The van der Waals surface area contributed by atoms with Gasteiger partial charge in [0.15, 0.2) is 0 Å². The molecule has 1 heterocycles. The lowest BCUT2D eigenvalue weighted by Gasteiger charge is -2.45. The Morgan fingerprint density at radius 3 is 2.52 bits per heavy atom. The summed E-state index contributed by atoms with van der Waals surface area (Å²) in [6.07, 6.45) is 5.60. The van der Waals surface area contributed by atoms with E-state index in [1.165, 1.54) is 16.0 Å². The van der Waals surface area contributed by atoms with Gasteiger partial charge in [0, 0.05) is 24.8 Å². The van der Waals surface area contributed by atoms with E-state index in [2.05, 4.69) is 32.0 Å². The third-order valence-corrected chi connectivity index (χ3v) is 6.97. The fourth-order valence-electron chi connectivity index (χ4n) is 5.34. The van der Waals surface area contributed by atoms with Gasteiger partial charge in [0.25, 0.3) is 0 Å². The number of carbonyl (C=O) groups excluding carboxylic acids is 2. The zero-order valence-corrected chi connectivity index (χ0v) is 19.1. The molecule has 31 heavy (non-hydrogen) atoms. The number of aliphatic hydroxyl groups excluding tert-OH is 2. The van der Waals surface area contributed by atoms with E-state index >= 15 is 0 Å². The fourth-order valence-corrected chi connectivity index (χ4v) is 5.34. The van der Waals surface area contributed by atoms with E-state index in [0.29, 0.717) is 31.7 Å². The summed E-state index contributed by atoms with van der Waals surface area (Å²) in [7, 11) is 0. The molecule has 6 atom stereocenters. The van der Waals surface area contributed by atoms with E-state index in [-0.39, 0.29) is 24.2 Å². The van der Waals surface area contributed by atoms with Gasteiger partial charge in [-0.2, -0.15) is 0 Å². The quantitative estimate of drug-likeness (QED) is 0.279. The number of amides is 2. The molecule has 0 unspecified atom stereocenters. The van der Waals surface area contributed by atoms with Gasteiger partial charge in [0.05, 0.1) is 29.8 Å². The topological polar surface area (TPSA) is 99.4 Å². The van der Waals surface area contributed by atoms with Gasteiger partial charge >= 0.3 is 0 Å². The number of nitrogens with zero attached hydrogens (tertiary/aromatic N) is 2. The minimum Gasteiger partial charge on any atom is -0.392 e. The van der Waals surface area contributed by atoms with E-state index in [1.54, 1.807) is 6.92 Å². The highest BCUT2D eigenvalue weighted by Gasteiger charge is 2.59. The third-order valence-electron chi connectivity index (χ3n) is 6.97. The molecule has 0 aromatic heterocycles. The summed E-state index contributed by atoms with van der Waals surface area (Å²) in [5, 5.41) is 25.5. The number of fused-ring (bicyclic) bond motifs is 3.